The number of hydrogen-bond acceptors (Lipinski definition) is 6. The van der Waals surface area contributed by atoms with E-state index in [4.69, 9.17) is 9.47 Å². The molecule has 9 heteroatoms. The van der Waals surface area contributed by atoms with Crippen molar-refractivity contribution in [2.24, 2.45) is 5.92 Å². The molecule has 5 heterocycles. The van der Waals surface area contributed by atoms with Crippen molar-refractivity contribution >= 4 is 5.82 Å². The summed E-state index contributed by atoms with van der Waals surface area (Å²) in [5.41, 5.74) is 0.634. The predicted octanol–water partition coefficient (Wildman–Crippen LogP) is 3.58. The van der Waals surface area contributed by atoms with Crippen LogP contribution in [0.2, 0.25) is 0 Å². The Morgan fingerprint density at radius 2 is 1.97 bits per heavy atom. The highest BCUT2D eigenvalue weighted by Crippen LogP contribution is 2.56. The van der Waals surface area contributed by atoms with Gasteiger partial charge in [-0.2, -0.15) is 4.98 Å². The maximum Gasteiger partial charge on any atom is 0.352 e. The number of hydrogen-bond donors (Lipinski definition) is 0. The average Bonchev–Trinajstić information content (AvgIpc) is 3.35. The molecule has 1 spiro atoms. The number of anilines is 1. The lowest BCUT2D eigenvalue weighted by Gasteiger charge is -2.37. The van der Waals surface area contributed by atoms with Crippen LogP contribution in [0, 0.1) is 24.5 Å². The minimum Gasteiger partial charge on any atom is -0.473 e. The van der Waals surface area contributed by atoms with E-state index in [9.17, 15) is 13.6 Å². The zero-order chi connectivity index (χ0) is 22.0. The van der Waals surface area contributed by atoms with Gasteiger partial charge < -0.3 is 14.4 Å². The Bertz CT molecular complexity index is 1280. The molecule has 7 rings (SSSR count). The summed E-state index contributed by atoms with van der Waals surface area (Å²) in [6.45, 7) is 3.23. The molecule has 4 aliphatic rings. The van der Waals surface area contributed by atoms with Gasteiger partial charge in [-0.25, -0.2) is 13.6 Å². The molecule has 7 nitrogen and oxygen atoms in total. The fraction of sp³-hybridized carbons (Fsp3) is 0.348. The number of ether oxygens (including phenoxy) is 2. The molecule has 0 atom stereocenters. The fourth-order valence-corrected chi connectivity index (χ4v) is 5.23. The van der Waals surface area contributed by atoms with Crippen LogP contribution in [-0.4, -0.2) is 26.6 Å². The van der Waals surface area contributed by atoms with E-state index in [1.807, 2.05) is 0 Å². The van der Waals surface area contributed by atoms with Crippen molar-refractivity contribution in [3.05, 3.63) is 69.9 Å². The summed E-state index contributed by atoms with van der Waals surface area (Å²) in [6.07, 6.45) is 3.72. The topological polar surface area (TPSA) is 69.5 Å². The Hall–Kier alpha value is -3.49. The Balaban J connectivity index is 1.20. The molecule has 164 valence electrons. The lowest BCUT2D eigenvalue weighted by molar-refractivity contribution is 0.229. The van der Waals surface area contributed by atoms with E-state index >= 15 is 0 Å². The van der Waals surface area contributed by atoms with Crippen molar-refractivity contribution in [1.82, 2.24) is 14.5 Å². The normalized spacial score (nSPS) is 22.3. The second kappa shape index (κ2) is 6.75. The minimum absolute atomic E-state index is 0.0621. The first-order valence-electron chi connectivity index (χ1n) is 10.5. The highest BCUT2D eigenvalue weighted by Gasteiger charge is 2.60. The van der Waals surface area contributed by atoms with E-state index in [0.29, 0.717) is 23.9 Å². The largest absolute Gasteiger partial charge is 0.473 e. The number of halogens is 2. The maximum atomic E-state index is 14.5. The van der Waals surface area contributed by atoms with Crippen LogP contribution in [0.5, 0.6) is 17.4 Å². The van der Waals surface area contributed by atoms with Crippen molar-refractivity contribution in [3.8, 4) is 17.4 Å². The van der Waals surface area contributed by atoms with Gasteiger partial charge in [-0.1, -0.05) is 0 Å². The summed E-state index contributed by atoms with van der Waals surface area (Å²) in [4.78, 5) is 22.8. The van der Waals surface area contributed by atoms with Crippen molar-refractivity contribution in [2.75, 3.05) is 11.4 Å². The molecule has 3 aromatic rings. The molecule has 0 amide bonds. The van der Waals surface area contributed by atoms with Crippen LogP contribution < -0.4 is 20.1 Å². The third-order valence-electron chi connectivity index (χ3n) is 6.58. The van der Waals surface area contributed by atoms with Gasteiger partial charge in [0.2, 0.25) is 5.88 Å². The van der Waals surface area contributed by atoms with Gasteiger partial charge in [0, 0.05) is 30.6 Å². The highest BCUT2D eigenvalue weighted by atomic mass is 19.1. The van der Waals surface area contributed by atoms with E-state index in [0.717, 1.165) is 37.3 Å². The predicted molar refractivity (Wildman–Crippen MR) is 111 cm³/mol. The molecular weight excluding hydrogens is 418 g/mol. The summed E-state index contributed by atoms with van der Waals surface area (Å²) in [5, 5.41) is 0. The molecule has 3 fully saturated rings. The monoisotopic (exact) mass is 438 g/mol. The molecule has 2 bridgehead atoms. The molecule has 0 radical (unpaired) electrons. The summed E-state index contributed by atoms with van der Waals surface area (Å²) >= 11 is 0. The molecule has 1 saturated carbocycles. The van der Waals surface area contributed by atoms with Crippen LogP contribution in [0.25, 0.3) is 0 Å². The van der Waals surface area contributed by atoms with Crippen molar-refractivity contribution in [3.63, 3.8) is 0 Å². The van der Waals surface area contributed by atoms with Crippen LogP contribution in [0.3, 0.4) is 0 Å². The van der Waals surface area contributed by atoms with E-state index in [-0.39, 0.29) is 29.3 Å². The number of nitrogens with zero attached hydrogens (tertiary/aromatic N) is 4. The van der Waals surface area contributed by atoms with Gasteiger partial charge in [0.1, 0.15) is 18.2 Å². The Kier molecular flexibility index (Phi) is 4.05. The number of aryl methyl sites for hydroxylation is 1. The molecule has 0 unspecified atom stereocenters. The van der Waals surface area contributed by atoms with E-state index in [1.54, 1.807) is 23.6 Å². The van der Waals surface area contributed by atoms with Crippen LogP contribution in [-0.2, 0) is 13.2 Å². The van der Waals surface area contributed by atoms with Crippen molar-refractivity contribution < 1.29 is 18.3 Å². The van der Waals surface area contributed by atoms with Gasteiger partial charge in [-0.3, -0.25) is 9.55 Å². The van der Waals surface area contributed by atoms with Gasteiger partial charge in [0.15, 0.2) is 17.4 Å². The Labute approximate surface area is 182 Å². The average molecular weight is 438 g/mol. The lowest BCUT2D eigenvalue weighted by atomic mass is 9.74. The third-order valence-corrected chi connectivity index (χ3v) is 6.58. The number of rotatable bonds is 5. The summed E-state index contributed by atoms with van der Waals surface area (Å²) in [5.74, 6) is -0.243. The fourth-order valence-electron chi connectivity index (χ4n) is 5.23. The number of fused-ring (bicyclic) bond motifs is 1. The number of pyridine rings is 1. The second-order valence-electron chi connectivity index (χ2n) is 8.84. The quantitative estimate of drug-likeness (QED) is 0.607. The van der Waals surface area contributed by atoms with Gasteiger partial charge in [0.25, 0.3) is 0 Å². The standard InChI is InChI=1S/C23H20F2N4O3/c1-13-4-16(2-3-26-13)32-21-17(24)5-14(6-18(21)25)11-31-19-7-20-28(22(30)27-19)12-23-8-15(9-23)10-29(20)23/h2-7,15H,8-12H2,1H3. The minimum atomic E-state index is -0.848. The molecule has 1 aromatic carbocycles. The van der Waals surface area contributed by atoms with Crippen molar-refractivity contribution in [1.29, 1.82) is 0 Å². The van der Waals surface area contributed by atoms with Gasteiger partial charge in [-0.15, -0.1) is 0 Å². The Morgan fingerprint density at radius 3 is 2.72 bits per heavy atom. The van der Waals surface area contributed by atoms with E-state index in [2.05, 4.69) is 14.9 Å². The third kappa shape index (κ3) is 2.95. The van der Waals surface area contributed by atoms with Gasteiger partial charge in [-0.05, 0) is 49.4 Å². The summed E-state index contributed by atoms with van der Waals surface area (Å²) in [7, 11) is 0. The molecular formula is C23H20F2N4O3. The Morgan fingerprint density at radius 1 is 1.19 bits per heavy atom. The first kappa shape index (κ1) is 19.2. The second-order valence-corrected chi connectivity index (χ2v) is 8.84. The maximum absolute atomic E-state index is 14.5. The molecule has 1 aliphatic carbocycles. The molecule has 3 aliphatic heterocycles. The highest BCUT2D eigenvalue weighted by molar-refractivity contribution is 5.54. The summed E-state index contributed by atoms with van der Waals surface area (Å²) < 4.78 is 41.8. The van der Waals surface area contributed by atoms with Gasteiger partial charge >= 0.3 is 5.69 Å². The molecule has 2 saturated heterocycles. The van der Waals surface area contributed by atoms with Gasteiger partial charge in [0.05, 0.1) is 12.1 Å². The van der Waals surface area contributed by atoms with E-state index in [1.165, 1.54) is 12.3 Å². The van der Waals surface area contributed by atoms with Crippen LogP contribution in [0.15, 0.2) is 41.3 Å². The van der Waals surface area contributed by atoms with Crippen molar-refractivity contribution in [2.45, 2.75) is 38.5 Å². The number of aromatic nitrogens is 3. The first-order valence-corrected chi connectivity index (χ1v) is 10.5. The summed E-state index contributed by atoms with van der Waals surface area (Å²) in [6, 6.07) is 7.15. The van der Waals surface area contributed by atoms with E-state index < -0.39 is 17.4 Å². The number of benzene rings is 1. The van der Waals surface area contributed by atoms with Crippen LogP contribution >= 0.6 is 0 Å². The zero-order valence-electron chi connectivity index (χ0n) is 17.3. The SMILES string of the molecule is Cc1cc(Oc2c(F)cc(COc3cc4n(c(=O)n3)CC35CC(CN43)C5)cc2F)ccn1. The van der Waals surface area contributed by atoms with Crippen LogP contribution in [0.1, 0.15) is 24.1 Å². The molecule has 2 aromatic heterocycles. The molecule has 32 heavy (non-hydrogen) atoms. The zero-order valence-corrected chi connectivity index (χ0v) is 17.3. The van der Waals surface area contributed by atoms with Crippen LogP contribution in [0.4, 0.5) is 14.6 Å². The molecule has 0 N–H and O–H groups in total. The lowest BCUT2D eigenvalue weighted by Crippen LogP contribution is -2.44. The first-order chi connectivity index (χ1) is 15.4. The smallest absolute Gasteiger partial charge is 0.352 e.